The average molecular weight is 397 g/mol. The van der Waals surface area contributed by atoms with Crippen LogP contribution in [0.4, 0.5) is 0 Å². The van der Waals surface area contributed by atoms with Crippen LogP contribution >= 0.6 is 0 Å². The molecule has 29 heavy (non-hydrogen) atoms. The zero-order chi connectivity index (χ0) is 21.4. The highest BCUT2D eigenvalue weighted by molar-refractivity contribution is 5.98. The molecule has 1 fully saturated rings. The zero-order valence-corrected chi connectivity index (χ0v) is 18.1. The number of nitrogens with one attached hydrogen (secondary N) is 2. The van der Waals surface area contributed by atoms with Gasteiger partial charge in [-0.15, -0.1) is 0 Å². The number of nitrogens with zero attached hydrogens (tertiary/aromatic N) is 2. The maximum Gasteiger partial charge on any atom is 0.271 e. The van der Waals surface area contributed by atoms with Crippen LogP contribution in [0.25, 0.3) is 6.08 Å². The maximum atomic E-state index is 12.6. The van der Waals surface area contributed by atoms with E-state index >= 15 is 0 Å². The molecule has 1 saturated carbocycles. The summed E-state index contributed by atoms with van der Waals surface area (Å²) in [6.07, 6.45) is 7.19. The van der Waals surface area contributed by atoms with Crippen LogP contribution in [0.3, 0.4) is 0 Å². The van der Waals surface area contributed by atoms with Gasteiger partial charge in [0.1, 0.15) is 5.69 Å². The Morgan fingerprint density at radius 2 is 1.97 bits per heavy atom. The molecule has 3 rings (SSSR count). The standard InChI is InChI=1S/C21H26N4O2.C2H6/c1-4-5-9-17-14(2)7-6-8-15(17)13-25-19(21(27)23-16-10-11-16)12-18(24-25)20(26)22-3;1-2/h5-9,12,16H,4,10-11,13H2,1-3H3,(H,22,26)(H,23,27);1-2H3/b9-5-;. The van der Waals surface area contributed by atoms with E-state index < -0.39 is 0 Å². The number of hydrogen-bond donors (Lipinski definition) is 2. The number of carbonyl (C=O) groups excluding carboxylic acids is 2. The highest BCUT2D eigenvalue weighted by atomic mass is 16.2. The third-order valence-corrected chi connectivity index (χ3v) is 4.64. The number of aromatic nitrogens is 2. The number of aryl methyl sites for hydroxylation is 1. The quantitative estimate of drug-likeness (QED) is 0.744. The molecule has 0 radical (unpaired) electrons. The summed E-state index contributed by atoms with van der Waals surface area (Å²) in [7, 11) is 1.56. The summed E-state index contributed by atoms with van der Waals surface area (Å²) in [6, 6.07) is 7.91. The fourth-order valence-corrected chi connectivity index (χ4v) is 2.96. The van der Waals surface area contributed by atoms with Crippen LogP contribution in [0.1, 0.15) is 77.7 Å². The van der Waals surface area contributed by atoms with Crippen LogP contribution < -0.4 is 10.6 Å². The van der Waals surface area contributed by atoms with Gasteiger partial charge in [-0.1, -0.05) is 51.1 Å². The van der Waals surface area contributed by atoms with Gasteiger partial charge in [-0.05, 0) is 42.9 Å². The van der Waals surface area contributed by atoms with Crippen molar-refractivity contribution in [2.24, 2.45) is 0 Å². The van der Waals surface area contributed by atoms with Crippen molar-refractivity contribution < 1.29 is 9.59 Å². The first-order valence-electron chi connectivity index (χ1n) is 10.4. The molecule has 6 heteroatoms. The van der Waals surface area contributed by atoms with E-state index in [1.165, 1.54) is 5.56 Å². The van der Waals surface area contributed by atoms with Crippen molar-refractivity contribution in [1.29, 1.82) is 0 Å². The number of allylic oxidation sites excluding steroid dienone is 1. The summed E-state index contributed by atoms with van der Waals surface area (Å²) in [5, 5.41) is 9.95. The first kappa shape index (κ1) is 22.4. The van der Waals surface area contributed by atoms with Crippen LogP contribution in [-0.4, -0.2) is 34.7 Å². The smallest absolute Gasteiger partial charge is 0.271 e. The average Bonchev–Trinajstić information content (AvgIpc) is 3.44. The maximum absolute atomic E-state index is 12.6. The van der Waals surface area contributed by atoms with E-state index in [0.29, 0.717) is 12.2 Å². The van der Waals surface area contributed by atoms with Gasteiger partial charge in [-0.2, -0.15) is 5.10 Å². The minimum Gasteiger partial charge on any atom is -0.354 e. The van der Waals surface area contributed by atoms with E-state index in [1.54, 1.807) is 17.8 Å². The first-order chi connectivity index (χ1) is 14.0. The second-order valence-corrected chi connectivity index (χ2v) is 6.86. The molecule has 0 atom stereocenters. The van der Waals surface area contributed by atoms with Crippen LogP contribution in [0.5, 0.6) is 0 Å². The Kier molecular flexibility index (Phi) is 8.19. The minimum absolute atomic E-state index is 0.182. The van der Waals surface area contributed by atoms with E-state index in [2.05, 4.69) is 47.8 Å². The molecular weight excluding hydrogens is 364 g/mol. The molecule has 2 amide bonds. The summed E-state index contributed by atoms with van der Waals surface area (Å²) >= 11 is 0. The number of carbonyl (C=O) groups is 2. The van der Waals surface area contributed by atoms with Crippen molar-refractivity contribution in [3.05, 3.63) is 58.4 Å². The van der Waals surface area contributed by atoms with Crippen molar-refractivity contribution in [2.45, 2.75) is 59.5 Å². The van der Waals surface area contributed by atoms with Crippen LogP contribution in [-0.2, 0) is 6.54 Å². The van der Waals surface area contributed by atoms with Crippen LogP contribution in [0.15, 0.2) is 30.3 Å². The Morgan fingerprint density at radius 1 is 1.24 bits per heavy atom. The van der Waals surface area contributed by atoms with E-state index in [9.17, 15) is 9.59 Å². The molecular formula is C23H32N4O2. The fourth-order valence-electron chi connectivity index (χ4n) is 2.96. The summed E-state index contributed by atoms with van der Waals surface area (Å²) in [4.78, 5) is 24.7. The summed E-state index contributed by atoms with van der Waals surface area (Å²) < 4.78 is 1.63. The number of hydrogen-bond acceptors (Lipinski definition) is 3. The molecule has 0 saturated heterocycles. The van der Waals surface area contributed by atoms with Gasteiger partial charge in [0, 0.05) is 19.2 Å². The molecule has 0 bridgehead atoms. The number of benzene rings is 1. The normalized spacial score (nSPS) is 13.0. The Hall–Kier alpha value is -2.89. The van der Waals surface area contributed by atoms with Crippen LogP contribution in [0.2, 0.25) is 0 Å². The number of amides is 2. The van der Waals surface area contributed by atoms with E-state index in [0.717, 1.165) is 30.4 Å². The monoisotopic (exact) mass is 396 g/mol. The van der Waals surface area contributed by atoms with Gasteiger partial charge in [-0.25, -0.2) is 0 Å². The van der Waals surface area contributed by atoms with Gasteiger partial charge in [0.25, 0.3) is 11.8 Å². The zero-order valence-electron chi connectivity index (χ0n) is 18.1. The lowest BCUT2D eigenvalue weighted by Crippen LogP contribution is -2.28. The molecule has 1 aromatic carbocycles. The lowest BCUT2D eigenvalue weighted by atomic mass is 10.0. The second kappa shape index (κ2) is 10.6. The molecule has 0 unspecified atom stereocenters. The highest BCUT2D eigenvalue weighted by Gasteiger charge is 2.26. The SMILES string of the molecule is CC.CC/C=C\c1c(C)cccc1Cn1nc(C(=O)NC)cc1C(=O)NC1CC1. The minimum atomic E-state index is -0.301. The van der Waals surface area contributed by atoms with Gasteiger partial charge in [0.05, 0.1) is 6.54 Å². The Bertz CT molecular complexity index is 879. The summed E-state index contributed by atoms with van der Waals surface area (Å²) in [5.74, 6) is -0.483. The predicted octanol–water partition coefficient (Wildman–Crippen LogP) is 3.94. The largest absolute Gasteiger partial charge is 0.354 e. The van der Waals surface area contributed by atoms with Crippen molar-refractivity contribution in [1.82, 2.24) is 20.4 Å². The van der Waals surface area contributed by atoms with Gasteiger partial charge >= 0.3 is 0 Å². The fraction of sp³-hybridized carbons (Fsp3) is 0.435. The lowest BCUT2D eigenvalue weighted by molar-refractivity contribution is 0.0937. The lowest BCUT2D eigenvalue weighted by Gasteiger charge is -2.12. The third kappa shape index (κ3) is 5.79. The van der Waals surface area contributed by atoms with Crippen molar-refractivity contribution in [3.63, 3.8) is 0 Å². The molecule has 1 aliphatic rings. The molecule has 0 aliphatic heterocycles. The Labute approximate surface area is 173 Å². The van der Waals surface area contributed by atoms with Gasteiger partial charge in [0.2, 0.25) is 0 Å². The van der Waals surface area contributed by atoms with Gasteiger partial charge in [-0.3, -0.25) is 14.3 Å². The molecule has 6 nitrogen and oxygen atoms in total. The molecule has 1 aliphatic carbocycles. The molecule has 1 aromatic heterocycles. The number of rotatable bonds is 7. The second-order valence-electron chi connectivity index (χ2n) is 6.86. The first-order valence-corrected chi connectivity index (χ1v) is 10.4. The predicted molar refractivity (Wildman–Crippen MR) is 117 cm³/mol. The summed E-state index contributed by atoms with van der Waals surface area (Å²) in [5.41, 5.74) is 4.01. The van der Waals surface area contributed by atoms with Crippen molar-refractivity contribution in [3.8, 4) is 0 Å². The Morgan fingerprint density at radius 3 is 2.59 bits per heavy atom. The highest BCUT2D eigenvalue weighted by Crippen LogP contribution is 2.21. The molecule has 1 heterocycles. The third-order valence-electron chi connectivity index (χ3n) is 4.64. The Balaban J connectivity index is 0.00000145. The molecule has 2 N–H and O–H groups in total. The van der Waals surface area contributed by atoms with Gasteiger partial charge < -0.3 is 10.6 Å². The molecule has 0 spiro atoms. The molecule has 2 aromatic rings. The van der Waals surface area contributed by atoms with Crippen molar-refractivity contribution in [2.75, 3.05) is 7.05 Å². The van der Waals surface area contributed by atoms with Crippen LogP contribution in [0, 0.1) is 6.92 Å². The van der Waals surface area contributed by atoms with E-state index in [-0.39, 0.29) is 23.6 Å². The topological polar surface area (TPSA) is 76.0 Å². The van der Waals surface area contributed by atoms with Gasteiger partial charge in [0.15, 0.2) is 5.69 Å². The van der Waals surface area contributed by atoms with Crippen molar-refractivity contribution >= 4 is 17.9 Å². The van der Waals surface area contributed by atoms with E-state index in [1.807, 2.05) is 26.0 Å². The summed E-state index contributed by atoms with van der Waals surface area (Å²) in [6.45, 7) is 8.59. The molecule has 156 valence electrons. The van der Waals surface area contributed by atoms with E-state index in [4.69, 9.17) is 0 Å².